The normalized spacial score (nSPS) is 12.7. The molecule has 3 rings (SSSR count). The number of thioether (sulfide) groups is 1. The lowest BCUT2D eigenvalue weighted by atomic mass is 10.2. The van der Waals surface area contributed by atoms with E-state index in [1.54, 1.807) is 23.1 Å². The van der Waals surface area contributed by atoms with Gasteiger partial charge in [-0.05, 0) is 25.1 Å². The number of hydrogen-bond donors (Lipinski definition) is 2. The maximum atomic E-state index is 10.0. The summed E-state index contributed by atoms with van der Waals surface area (Å²) in [5, 5.41) is 13.1. The van der Waals surface area contributed by atoms with Gasteiger partial charge in [-0.1, -0.05) is 17.8 Å². The number of aromatic amines is 1. The van der Waals surface area contributed by atoms with Gasteiger partial charge in [-0.25, -0.2) is 4.98 Å². The standard InChI is InChI=1S/C15H16N2O2S2/c1-10-8-20-15(17-10)21-9-11(18)7-19-14-4-2-3-13-12(14)5-6-16-13/h2-6,8,11,16,18H,7,9H2,1H3. The van der Waals surface area contributed by atoms with Crippen LogP contribution in [0.4, 0.5) is 0 Å². The number of aryl methyl sites for hydroxylation is 1. The van der Waals surface area contributed by atoms with Crippen LogP contribution in [0.15, 0.2) is 40.2 Å². The topological polar surface area (TPSA) is 58.1 Å². The van der Waals surface area contributed by atoms with Crippen molar-refractivity contribution in [2.24, 2.45) is 0 Å². The Morgan fingerprint density at radius 2 is 2.33 bits per heavy atom. The Kier molecular flexibility index (Phi) is 4.48. The highest BCUT2D eigenvalue weighted by Gasteiger charge is 2.10. The number of nitrogens with zero attached hydrogens (tertiary/aromatic N) is 1. The second-order valence-electron chi connectivity index (χ2n) is 4.73. The van der Waals surface area contributed by atoms with Crippen molar-refractivity contribution < 1.29 is 9.84 Å². The summed E-state index contributed by atoms with van der Waals surface area (Å²) in [6.07, 6.45) is 1.36. The molecule has 6 heteroatoms. The summed E-state index contributed by atoms with van der Waals surface area (Å²) in [7, 11) is 0. The van der Waals surface area contributed by atoms with Gasteiger partial charge < -0.3 is 14.8 Å². The Balaban J connectivity index is 1.53. The predicted molar refractivity (Wildman–Crippen MR) is 87.4 cm³/mol. The van der Waals surface area contributed by atoms with Crippen LogP contribution in [0, 0.1) is 6.92 Å². The van der Waals surface area contributed by atoms with Crippen molar-refractivity contribution in [3.05, 3.63) is 41.5 Å². The summed E-state index contributed by atoms with van der Waals surface area (Å²) in [4.78, 5) is 7.50. The largest absolute Gasteiger partial charge is 0.490 e. The first kappa shape index (κ1) is 14.4. The summed E-state index contributed by atoms with van der Waals surface area (Å²) in [5.74, 6) is 1.37. The van der Waals surface area contributed by atoms with E-state index in [0.717, 1.165) is 26.7 Å². The Morgan fingerprint density at radius 1 is 1.43 bits per heavy atom. The molecule has 21 heavy (non-hydrogen) atoms. The average Bonchev–Trinajstić information content (AvgIpc) is 3.11. The molecule has 1 aromatic carbocycles. The van der Waals surface area contributed by atoms with Crippen LogP contribution in [0.2, 0.25) is 0 Å². The molecule has 0 aliphatic carbocycles. The molecule has 110 valence electrons. The van der Waals surface area contributed by atoms with Crippen molar-refractivity contribution in [3.63, 3.8) is 0 Å². The molecule has 0 aliphatic heterocycles. The van der Waals surface area contributed by atoms with Gasteiger partial charge in [0, 0.05) is 33.9 Å². The first-order chi connectivity index (χ1) is 10.2. The molecule has 4 nitrogen and oxygen atoms in total. The van der Waals surface area contributed by atoms with Crippen molar-refractivity contribution in [1.82, 2.24) is 9.97 Å². The third-order valence-corrected chi connectivity index (χ3v) is 5.27. The number of rotatable bonds is 6. The number of aliphatic hydroxyl groups is 1. The molecule has 0 saturated heterocycles. The fourth-order valence-electron chi connectivity index (χ4n) is 1.98. The smallest absolute Gasteiger partial charge is 0.150 e. The highest BCUT2D eigenvalue weighted by molar-refractivity contribution is 8.01. The minimum Gasteiger partial charge on any atom is -0.490 e. The molecule has 0 amide bonds. The number of ether oxygens (including phenoxy) is 1. The monoisotopic (exact) mass is 320 g/mol. The maximum Gasteiger partial charge on any atom is 0.150 e. The minimum absolute atomic E-state index is 0.279. The first-order valence-electron chi connectivity index (χ1n) is 6.64. The van der Waals surface area contributed by atoms with E-state index in [2.05, 4.69) is 9.97 Å². The Morgan fingerprint density at radius 3 is 3.14 bits per heavy atom. The van der Waals surface area contributed by atoms with Gasteiger partial charge in [0.05, 0.1) is 6.10 Å². The van der Waals surface area contributed by atoms with E-state index in [1.165, 1.54) is 0 Å². The lowest BCUT2D eigenvalue weighted by Crippen LogP contribution is -2.20. The summed E-state index contributed by atoms with van der Waals surface area (Å²) < 4.78 is 6.72. The van der Waals surface area contributed by atoms with Crippen LogP contribution in [0.25, 0.3) is 10.9 Å². The number of H-pyrrole nitrogens is 1. The average molecular weight is 320 g/mol. The molecule has 2 heterocycles. The molecule has 0 spiro atoms. The minimum atomic E-state index is -0.520. The number of aliphatic hydroxyl groups excluding tert-OH is 1. The zero-order chi connectivity index (χ0) is 14.7. The molecular weight excluding hydrogens is 304 g/mol. The van der Waals surface area contributed by atoms with E-state index < -0.39 is 6.10 Å². The number of thiazole rings is 1. The summed E-state index contributed by atoms with van der Waals surface area (Å²) in [5.41, 5.74) is 2.06. The second kappa shape index (κ2) is 6.51. The highest BCUT2D eigenvalue weighted by Crippen LogP contribution is 2.26. The fraction of sp³-hybridized carbons (Fsp3) is 0.267. The van der Waals surface area contributed by atoms with Gasteiger partial charge in [0.2, 0.25) is 0 Å². The maximum absolute atomic E-state index is 10.0. The van der Waals surface area contributed by atoms with Crippen LogP contribution >= 0.6 is 23.1 Å². The van der Waals surface area contributed by atoms with Crippen LogP contribution in [0.5, 0.6) is 5.75 Å². The van der Waals surface area contributed by atoms with Crippen molar-refractivity contribution in [1.29, 1.82) is 0 Å². The molecule has 0 saturated carbocycles. The lowest BCUT2D eigenvalue weighted by molar-refractivity contribution is 0.127. The van der Waals surface area contributed by atoms with Crippen LogP contribution in [0.1, 0.15) is 5.69 Å². The Hall–Kier alpha value is -1.50. The summed E-state index contributed by atoms with van der Waals surface area (Å²) in [6.45, 7) is 2.25. The highest BCUT2D eigenvalue weighted by atomic mass is 32.2. The van der Waals surface area contributed by atoms with E-state index in [0.29, 0.717) is 5.75 Å². The van der Waals surface area contributed by atoms with Gasteiger partial charge in [0.25, 0.3) is 0 Å². The molecule has 0 bridgehead atoms. The number of aromatic nitrogens is 2. The molecule has 0 radical (unpaired) electrons. The van der Waals surface area contributed by atoms with E-state index >= 15 is 0 Å². The molecule has 2 aromatic heterocycles. The van der Waals surface area contributed by atoms with E-state index in [1.807, 2.05) is 42.8 Å². The lowest BCUT2D eigenvalue weighted by Gasteiger charge is -2.12. The molecule has 3 aromatic rings. The van der Waals surface area contributed by atoms with Gasteiger partial charge in [0.1, 0.15) is 16.7 Å². The number of fused-ring (bicyclic) bond motifs is 1. The zero-order valence-corrected chi connectivity index (χ0v) is 13.2. The fourth-order valence-corrected chi connectivity index (χ4v) is 3.76. The predicted octanol–water partition coefficient (Wildman–Crippen LogP) is 3.46. The molecule has 1 atom stereocenters. The van der Waals surface area contributed by atoms with E-state index in [4.69, 9.17) is 4.74 Å². The third kappa shape index (κ3) is 3.58. The summed E-state index contributed by atoms with van der Waals surface area (Å²) >= 11 is 3.17. The van der Waals surface area contributed by atoms with Gasteiger partial charge in [0.15, 0.2) is 0 Å². The number of nitrogens with one attached hydrogen (secondary N) is 1. The number of benzene rings is 1. The molecular formula is C15H16N2O2S2. The molecule has 0 aliphatic rings. The SMILES string of the molecule is Cc1csc(SCC(O)COc2cccc3[nH]ccc23)n1. The van der Waals surface area contributed by atoms with Crippen molar-refractivity contribution >= 4 is 34.0 Å². The molecule has 1 unspecified atom stereocenters. The second-order valence-corrected chi connectivity index (χ2v) is 6.85. The molecule has 2 N–H and O–H groups in total. The quantitative estimate of drug-likeness (QED) is 0.683. The van der Waals surface area contributed by atoms with Gasteiger partial charge in [-0.15, -0.1) is 11.3 Å². The van der Waals surface area contributed by atoms with Crippen molar-refractivity contribution in [2.45, 2.75) is 17.4 Å². The van der Waals surface area contributed by atoms with Crippen molar-refractivity contribution in [2.75, 3.05) is 12.4 Å². The van der Waals surface area contributed by atoms with Gasteiger partial charge >= 0.3 is 0 Å². The van der Waals surface area contributed by atoms with Crippen LogP contribution in [0.3, 0.4) is 0 Å². The van der Waals surface area contributed by atoms with E-state index in [-0.39, 0.29) is 6.61 Å². The van der Waals surface area contributed by atoms with E-state index in [9.17, 15) is 5.11 Å². The molecule has 0 fully saturated rings. The van der Waals surface area contributed by atoms with Crippen LogP contribution < -0.4 is 4.74 Å². The Labute approximate surface area is 131 Å². The first-order valence-corrected chi connectivity index (χ1v) is 8.51. The number of hydrogen-bond acceptors (Lipinski definition) is 5. The van der Waals surface area contributed by atoms with Gasteiger partial charge in [-0.3, -0.25) is 0 Å². The Bertz CT molecular complexity index is 723. The summed E-state index contributed by atoms with van der Waals surface area (Å²) in [6, 6.07) is 7.83. The van der Waals surface area contributed by atoms with Crippen molar-refractivity contribution in [3.8, 4) is 5.75 Å². The van der Waals surface area contributed by atoms with Gasteiger partial charge in [-0.2, -0.15) is 0 Å². The van der Waals surface area contributed by atoms with Crippen LogP contribution in [-0.2, 0) is 0 Å². The third-order valence-electron chi connectivity index (χ3n) is 2.98. The van der Waals surface area contributed by atoms with Crippen LogP contribution in [-0.4, -0.2) is 33.5 Å². The zero-order valence-electron chi connectivity index (χ0n) is 11.6.